The minimum atomic E-state index is -0.481. The minimum absolute atomic E-state index is 0.205. The van der Waals surface area contributed by atoms with Gasteiger partial charge in [0.25, 0.3) is 0 Å². The predicted octanol–water partition coefficient (Wildman–Crippen LogP) is 4.06. The second-order valence-electron chi connectivity index (χ2n) is 10.7. The molecule has 6 rings (SSSR count). The van der Waals surface area contributed by atoms with Gasteiger partial charge in [0, 0.05) is 18.3 Å². The molecule has 3 aromatic rings. The Morgan fingerprint density at radius 1 is 1.06 bits per heavy atom. The van der Waals surface area contributed by atoms with Gasteiger partial charge in [-0.25, -0.2) is 9.97 Å². The van der Waals surface area contributed by atoms with Gasteiger partial charge in [0.1, 0.15) is 6.33 Å². The van der Waals surface area contributed by atoms with E-state index in [9.17, 15) is 0 Å². The van der Waals surface area contributed by atoms with Crippen LogP contribution in [0.5, 0.6) is 5.88 Å². The van der Waals surface area contributed by atoms with Gasteiger partial charge in [0.05, 0.1) is 35.6 Å². The van der Waals surface area contributed by atoms with Crippen LogP contribution in [0.25, 0.3) is 11.1 Å². The quantitative estimate of drug-likeness (QED) is 0.537. The largest absolute Gasteiger partial charge is 0.495 e. The molecular formula is C26H31BN4O3. The molecule has 1 saturated carbocycles. The maximum atomic E-state index is 6.54. The maximum Gasteiger partial charge on any atom is 0.495 e. The van der Waals surface area contributed by atoms with E-state index >= 15 is 0 Å². The molecule has 0 unspecified atom stereocenters. The van der Waals surface area contributed by atoms with E-state index in [1.54, 1.807) is 13.4 Å². The SMILES string of the molecule is COc1ncnc(C2CC2)c1-c1cc2c(cc1B1OC(C)(C)C(C)(C)O1)CC[C@@H]2n1cccn1. The molecule has 3 heterocycles. The van der Waals surface area contributed by atoms with E-state index in [4.69, 9.17) is 19.0 Å². The third-order valence-corrected chi connectivity index (χ3v) is 7.98. The number of methoxy groups -OCH3 is 1. The van der Waals surface area contributed by atoms with Crippen molar-refractivity contribution in [3.63, 3.8) is 0 Å². The van der Waals surface area contributed by atoms with Gasteiger partial charge in [-0.15, -0.1) is 0 Å². The van der Waals surface area contributed by atoms with Crippen molar-refractivity contribution in [2.24, 2.45) is 0 Å². The number of nitrogens with zero attached hydrogens (tertiary/aromatic N) is 4. The van der Waals surface area contributed by atoms with Crippen molar-refractivity contribution >= 4 is 12.6 Å². The van der Waals surface area contributed by atoms with E-state index in [2.05, 4.69) is 54.6 Å². The van der Waals surface area contributed by atoms with Crippen LogP contribution in [0.15, 0.2) is 36.9 Å². The van der Waals surface area contributed by atoms with Crippen LogP contribution in [0.4, 0.5) is 0 Å². The first kappa shape index (κ1) is 21.8. The van der Waals surface area contributed by atoms with Crippen LogP contribution in [-0.2, 0) is 15.7 Å². The number of aryl methyl sites for hydroxylation is 1. The first-order valence-electron chi connectivity index (χ1n) is 12.2. The molecular weight excluding hydrogens is 427 g/mol. The zero-order valence-electron chi connectivity index (χ0n) is 20.5. The summed E-state index contributed by atoms with van der Waals surface area (Å²) in [6.45, 7) is 8.37. The number of hydrogen-bond donors (Lipinski definition) is 0. The Morgan fingerprint density at radius 2 is 1.82 bits per heavy atom. The van der Waals surface area contributed by atoms with Crippen LogP contribution in [0.3, 0.4) is 0 Å². The van der Waals surface area contributed by atoms with Crippen molar-refractivity contribution in [2.75, 3.05) is 7.11 Å². The van der Waals surface area contributed by atoms with Gasteiger partial charge in [0.2, 0.25) is 5.88 Å². The second kappa shape index (κ2) is 7.65. The summed E-state index contributed by atoms with van der Waals surface area (Å²) in [6.07, 6.45) is 9.79. The van der Waals surface area contributed by atoms with Crippen LogP contribution < -0.4 is 10.2 Å². The van der Waals surface area contributed by atoms with Crippen LogP contribution in [0.1, 0.15) is 75.7 Å². The molecule has 8 heteroatoms. The number of ether oxygens (including phenoxy) is 1. The third-order valence-electron chi connectivity index (χ3n) is 7.98. The van der Waals surface area contributed by atoms with Crippen LogP contribution in [0, 0.1) is 0 Å². The molecule has 2 aliphatic carbocycles. The highest BCUT2D eigenvalue weighted by Gasteiger charge is 2.53. The molecule has 34 heavy (non-hydrogen) atoms. The summed E-state index contributed by atoms with van der Waals surface area (Å²) in [6, 6.07) is 6.76. The summed E-state index contributed by atoms with van der Waals surface area (Å²) in [7, 11) is 1.20. The fourth-order valence-corrected chi connectivity index (χ4v) is 5.23. The van der Waals surface area contributed by atoms with Gasteiger partial charge in [-0.1, -0.05) is 6.07 Å². The Morgan fingerprint density at radius 3 is 2.47 bits per heavy atom. The molecule has 1 atom stereocenters. The van der Waals surface area contributed by atoms with Crippen molar-refractivity contribution in [1.82, 2.24) is 19.7 Å². The summed E-state index contributed by atoms with van der Waals surface area (Å²) >= 11 is 0. The molecule has 0 spiro atoms. The van der Waals surface area contributed by atoms with E-state index in [1.165, 1.54) is 11.1 Å². The first-order chi connectivity index (χ1) is 16.3. The molecule has 1 saturated heterocycles. The van der Waals surface area contributed by atoms with Crippen molar-refractivity contribution < 1.29 is 14.0 Å². The van der Waals surface area contributed by atoms with Crippen molar-refractivity contribution in [3.05, 3.63) is 53.7 Å². The van der Waals surface area contributed by atoms with E-state index in [0.717, 1.165) is 48.0 Å². The molecule has 3 aliphatic rings. The first-order valence-corrected chi connectivity index (χ1v) is 12.2. The third kappa shape index (κ3) is 3.38. The zero-order chi connectivity index (χ0) is 23.7. The van der Waals surface area contributed by atoms with E-state index < -0.39 is 18.3 Å². The Bertz CT molecular complexity index is 1220. The van der Waals surface area contributed by atoms with Gasteiger partial charge in [-0.2, -0.15) is 5.10 Å². The van der Waals surface area contributed by atoms with Crippen LogP contribution in [-0.4, -0.2) is 45.2 Å². The lowest BCUT2D eigenvalue weighted by Gasteiger charge is -2.32. The molecule has 0 N–H and O–H groups in total. The Hall–Kier alpha value is -2.71. The van der Waals surface area contributed by atoms with Gasteiger partial charge >= 0.3 is 7.12 Å². The summed E-state index contributed by atoms with van der Waals surface area (Å²) < 4.78 is 20.9. The molecule has 7 nitrogen and oxygen atoms in total. The number of fused-ring (bicyclic) bond motifs is 1. The molecule has 0 radical (unpaired) electrons. The van der Waals surface area contributed by atoms with Gasteiger partial charge in [-0.3, -0.25) is 4.68 Å². The van der Waals surface area contributed by atoms with Crippen molar-refractivity contribution in [3.8, 4) is 17.0 Å². The fraction of sp³-hybridized carbons (Fsp3) is 0.500. The average molecular weight is 458 g/mol. The smallest absolute Gasteiger partial charge is 0.480 e. The Balaban J connectivity index is 1.57. The highest BCUT2D eigenvalue weighted by molar-refractivity contribution is 6.64. The summed E-state index contributed by atoms with van der Waals surface area (Å²) in [5.41, 5.74) is 5.82. The topological polar surface area (TPSA) is 71.3 Å². The molecule has 2 fully saturated rings. The lowest BCUT2D eigenvalue weighted by atomic mass is 9.72. The maximum absolute atomic E-state index is 6.54. The minimum Gasteiger partial charge on any atom is -0.480 e. The zero-order valence-corrected chi connectivity index (χ0v) is 20.5. The number of benzene rings is 1. The van der Waals surface area contributed by atoms with Crippen LogP contribution >= 0.6 is 0 Å². The molecule has 176 valence electrons. The predicted molar refractivity (Wildman–Crippen MR) is 130 cm³/mol. The van der Waals surface area contributed by atoms with E-state index in [0.29, 0.717) is 11.8 Å². The highest BCUT2D eigenvalue weighted by atomic mass is 16.7. The Labute approximate surface area is 201 Å². The summed E-state index contributed by atoms with van der Waals surface area (Å²) in [5, 5.41) is 4.54. The fourth-order valence-electron chi connectivity index (χ4n) is 5.23. The van der Waals surface area contributed by atoms with E-state index in [-0.39, 0.29) is 6.04 Å². The standard InChI is InChI=1S/C26H31BN4O3/c1-25(2)26(3,4)34-27(33-25)20-13-17-9-10-21(31-12-6-11-30-31)18(17)14-19(20)22-23(16-7-8-16)28-15-29-24(22)32-5/h6,11-16,21H,7-10H2,1-5H3/t21-/m0/s1. The second-order valence-corrected chi connectivity index (χ2v) is 10.7. The lowest BCUT2D eigenvalue weighted by Crippen LogP contribution is -2.41. The van der Waals surface area contributed by atoms with Crippen molar-refractivity contribution in [2.45, 2.75) is 76.5 Å². The molecule has 0 bridgehead atoms. The molecule has 0 amide bonds. The Kier molecular flexibility index (Phi) is 4.91. The number of rotatable bonds is 5. The highest BCUT2D eigenvalue weighted by Crippen LogP contribution is 2.47. The summed E-state index contributed by atoms with van der Waals surface area (Å²) in [5.74, 6) is 1.04. The molecule has 2 aromatic heterocycles. The van der Waals surface area contributed by atoms with Gasteiger partial charge < -0.3 is 14.0 Å². The summed E-state index contributed by atoms with van der Waals surface area (Å²) in [4.78, 5) is 9.22. The van der Waals surface area contributed by atoms with Crippen molar-refractivity contribution in [1.29, 1.82) is 0 Å². The molecule has 1 aromatic carbocycles. The van der Waals surface area contributed by atoms with Crippen LogP contribution in [0.2, 0.25) is 0 Å². The van der Waals surface area contributed by atoms with Gasteiger partial charge in [0.15, 0.2) is 0 Å². The normalized spacial score (nSPS) is 22.7. The number of hydrogen-bond acceptors (Lipinski definition) is 6. The van der Waals surface area contributed by atoms with Gasteiger partial charge in [-0.05, 0) is 87.7 Å². The average Bonchev–Trinajstić information content (AvgIpc) is 3.25. The van der Waals surface area contributed by atoms with E-state index in [1.807, 2.05) is 18.5 Å². The number of aromatic nitrogens is 4. The lowest BCUT2D eigenvalue weighted by molar-refractivity contribution is 0.00578. The monoisotopic (exact) mass is 458 g/mol. The molecule has 1 aliphatic heterocycles.